The van der Waals surface area contributed by atoms with Gasteiger partial charge in [0.2, 0.25) is 0 Å². The Labute approximate surface area is 139 Å². The molecule has 0 aliphatic rings. The molecular weight excluding hydrogens is 310 g/mol. The van der Waals surface area contributed by atoms with Crippen molar-refractivity contribution < 1.29 is 19.1 Å². The molecule has 0 atom stereocenters. The van der Waals surface area contributed by atoms with Crippen molar-refractivity contribution in [3.63, 3.8) is 0 Å². The Morgan fingerprint density at radius 2 is 1.54 bits per heavy atom. The third-order valence-electron chi connectivity index (χ3n) is 3.34. The summed E-state index contributed by atoms with van der Waals surface area (Å²) >= 11 is 0. The number of nitrogens with one attached hydrogen (secondary N) is 2. The van der Waals surface area contributed by atoms with Crippen LogP contribution in [0.3, 0.4) is 0 Å². The van der Waals surface area contributed by atoms with Gasteiger partial charge >= 0.3 is 17.8 Å². The second-order valence-electron chi connectivity index (χ2n) is 5.14. The molecule has 0 unspecified atom stereocenters. The van der Waals surface area contributed by atoms with E-state index < -0.39 is 17.8 Å². The molecule has 0 saturated heterocycles. The van der Waals surface area contributed by atoms with Gasteiger partial charge in [0.25, 0.3) is 0 Å². The monoisotopic (exact) mass is 329 g/mol. The standard InChI is InChI=1S/C17H19N3O4/c1-4-24-17(23)13-7-9-14(10-8-13)18-15(21)16(22)19-20-11(2)5-6-12(20)3/h5-10H,4H2,1-3H3,(H,18,21)(H,19,22). The second kappa shape index (κ2) is 7.45. The zero-order chi connectivity index (χ0) is 17.7. The fraction of sp³-hybridized carbons (Fsp3) is 0.235. The molecule has 0 aliphatic carbocycles. The van der Waals surface area contributed by atoms with Gasteiger partial charge in [0.15, 0.2) is 0 Å². The molecule has 2 rings (SSSR count). The van der Waals surface area contributed by atoms with Crippen molar-refractivity contribution in [2.45, 2.75) is 20.8 Å². The van der Waals surface area contributed by atoms with Gasteiger partial charge < -0.3 is 10.1 Å². The highest BCUT2D eigenvalue weighted by molar-refractivity contribution is 6.42. The van der Waals surface area contributed by atoms with Gasteiger partial charge in [-0.1, -0.05) is 0 Å². The van der Waals surface area contributed by atoms with Crippen LogP contribution < -0.4 is 10.7 Å². The van der Waals surface area contributed by atoms with Crippen LogP contribution in [0.5, 0.6) is 0 Å². The lowest BCUT2D eigenvalue weighted by Gasteiger charge is -2.11. The summed E-state index contributed by atoms with van der Waals surface area (Å²) in [5, 5.41) is 2.47. The van der Waals surface area contributed by atoms with Crippen molar-refractivity contribution >= 4 is 23.5 Å². The van der Waals surface area contributed by atoms with Crippen LogP contribution in [0, 0.1) is 13.8 Å². The van der Waals surface area contributed by atoms with Crippen LogP contribution in [-0.2, 0) is 14.3 Å². The lowest BCUT2D eigenvalue weighted by Crippen LogP contribution is -2.35. The van der Waals surface area contributed by atoms with Crippen molar-refractivity contribution in [1.29, 1.82) is 0 Å². The Morgan fingerprint density at radius 1 is 0.958 bits per heavy atom. The van der Waals surface area contributed by atoms with Crippen molar-refractivity contribution in [3.8, 4) is 0 Å². The maximum Gasteiger partial charge on any atom is 0.338 e. The molecule has 1 aromatic heterocycles. The van der Waals surface area contributed by atoms with E-state index in [1.807, 2.05) is 26.0 Å². The van der Waals surface area contributed by atoms with Gasteiger partial charge in [0.05, 0.1) is 12.2 Å². The predicted octanol–water partition coefficient (Wildman–Crippen LogP) is 1.99. The molecule has 0 radical (unpaired) electrons. The number of carbonyl (C=O) groups is 3. The SMILES string of the molecule is CCOC(=O)c1ccc(NC(=O)C(=O)Nn2c(C)ccc2C)cc1. The molecule has 7 heteroatoms. The van der Waals surface area contributed by atoms with E-state index in [9.17, 15) is 14.4 Å². The molecule has 24 heavy (non-hydrogen) atoms. The summed E-state index contributed by atoms with van der Waals surface area (Å²) < 4.78 is 6.41. The summed E-state index contributed by atoms with van der Waals surface area (Å²) in [5.41, 5.74) is 4.92. The summed E-state index contributed by atoms with van der Waals surface area (Å²) in [6.07, 6.45) is 0. The molecule has 2 aromatic rings. The topological polar surface area (TPSA) is 89.4 Å². The number of aryl methyl sites for hydroxylation is 2. The van der Waals surface area contributed by atoms with Crippen molar-refractivity contribution in [2.24, 2.45) is 0 Å². The summed E-state index contributed by atoms with van der Waals surface area (Å²) in [6, 6.07) is 9.77. The number of amides is 2. The Balaban J connectivity index is 1.99. The lowest BCUT2D eigenvalue weighted by molar-refractivity contribution is -0.133. The van der Waals surface area contributed by atoms with Crippen LogP contribution in [0.1, 0.15) is 28.7 Å². The minimum absolute atomic E-state index is 0.287. The smallest absolute Gasteiger partial charge is 0.338 e. The minimum Gasteiger partial charge on any atom is -0.462 e. The zero-order valence-corrected chi connectivity index (χ0v) is 13.8. The van der Waals surface area contributed by atoms with Gasteiger partial charge in [-0.05, 0) is 57.2 Å². The van der Waals surface area contributed by atoms with E-state index in [0.717, 1.165) is 11.4 Å². The Morgan fingerprint density at radius 3 is 2.08 bits per heavy atom. The van der Waals surface area contributed by atoms with Gasteiger partial charge in [0, 0.05) is 17.1 Å². The third kappa shape index (κ3) is 4.01. The molecule has 0 spiro atoms. The third-order valence-corrected chi connectivity index (χ3v) is 3.34. The van der Waals surface area contributed by atoms with Crippen molar-refractivity contribution in [1.82, 2.24) is 4.68 Å². The molecule has 1 heterocycles. The van der Waals surface area contributed by atoms with E-state index in [2.05, 4.69) is 10.7 Å². The van der Waals surface area contributed by atoms with Crippen LogP contribution in [0.4, 0.5) is 5.69 Å². The molecular formula is C17H19N3O4. The Kier molecular flexibility index (Phi) is 5.36. The van der Waals surface area contributed by atoms with Crippen molar-refractivity contribution in [2.75, 3.05) is 17.3 Å². The first-order valence-electron chi connectivity index (χ1n) is 7.47. The molecule has 0 fully saturated rings. The first kappa shape index (κ1) is 17.3. The molecule has 0 bridgehead atoms. The fourth-order valence-electron chi connectivity index (χ4n) is 2.09. The van der Waals surface area contributed by atoms with Crippen LogP contribution >= 0.6 is 0 Å². The molecule has 0 saturated carbocycles. The van der Waals surface area contributed by atoms with Gasteiger partial charge in [-0.3, -0.25) is 19.7 Å². The number of anilines is 1. The first-order valence-corrected chi connectivity index (χ1v) is 7.47. The maximum absolute atomic E-state index is 12.0. The highest BCUT2D eigenvalue weighted by Crippen LogP contribution is 2.11. The van der Waals surface area contributed by atoms with Crippen LogP contribution in [0.25, 0.3) is 0 Å². The van der Waals surface area contributed by atoms with Crippen LogP contribution in [-0.4, -0.2) is 29.1 Å². The zero-order valence-electron chi connectivity index (χ0n) is 13.8. The second-order valence-corrected chi connectivity index (χ2v) is 5.14. The van der Waals surface area contributed by atoms with Crippen molar-refractivity contribution in [3.05, 3.63) is 53.3 Å². The van der Waals surface area contributed by atoms with Crippen LogP contribution in [0.15, 0.2) is 36.4 Å². The van der Waals surface area contributed by atoms with E-state index in [0.29, 0.717) is 11.3 Å². The van der Waals surface area contributed by atoms with Gasteiger partial charge in [0.1, 0.15) is 0 Å². The number of aromatic nitrogens is 1. The number of carbonyl (C=O) groups excluding carboxylic acids is 3. The summed E-state index contributed by atoms with van der Waals surface area (Å²) in [5.74, 6) is -2.02. The number of nitrogens with zero attached hydrogens (tertiary/aromatic N) is 1. The quantitative estimate of drug-likeness (QED) is 0.663. The molecule has 1 aromatic carbocycles. The number of hydrogen-bond donors (Lipinski definition) is 2. The summed E-state index contributed by atoms with van der Waals surface area (Å²) in [6.45, 7) is 5.65. The Hall–Kier alpha value is -3.09. The Bertz CT molecular complexity index is 743. The normalized spacial score (nSPS) is 10.1. The number of esters is 1. The molecule has 0 aliphatic heterocycles. The molecule has 126 valence electrons. The van der Waals surface area contributed by atoms with E-state index >= 15 is 0 Å². The number of ether oxygens (including phenoxy) is 1. The average molecular weight is 329 g/mol. The number of hydrogen-bond acceptors (Lipinski definition) is 4. The van der Waals surface area contributed by atoms with Gasteiger partial charge in [-0.2, -0.15) is 0 Å². The molecule has 2 amide bonds. The number of benzene rings is 1. The average Bonchev–Trinajstić information content (AvgIpc) is 2.87. The van der Waals surface area contributed by atoms with E-state index in [4.69, 9.17) is 4.74 Å². The highest BCUT2D eigenvalue weighted by Gasteiger charge is 2.16. The maximum atomic E-state index is 12.0. The van der Waals surface area contributed by atoms with Crippen LogP contribution in [0.2, 0.25) is 0 Å². The minimum atomic E-state index is -0.800. The van der Waals surface area contributed by atoms with E-state index in [1.54, 1.807) is 6.92 Å². The van der Waals surface area contributed by atoms with Gasteiger partial charge in [-0.25, -0.2) is 4.79 Å². The molecule has 7 nitrogen and oxygen atoms in total. The van der Waals surface area contributed by atoms with E-state index in [-0.39, 0.29) is 6.61 Å². The highest BCUT2D eigenvalue weighted by atomic mass is 16.5. The van der Waals surface area contributed by atoms with E-state index in [1.165, 1.54) is 28.9 Å². The first-order chi connectivity index (χ1) is 11.4. The predicted molar refractivity (Wildman–Crippen MR) is 89.3 cm³/mol. The van der Waals surface area contributed by atoms with Gasteiger partial charge in [-0.15, -0.1) is 0 Å². The number of rotatable bonds is 4. The summed E-state index contributed by atoms with van der Waals surface area (Å²) in [7, 11) is 0. The largest absolute Gasteiger partial charge is 0.462 e. The lowest BCUT2D eigenvalue weighted by atomic mass is 10.2. The summed E-state index contributed by atoms with van der Waals surface area (Å²) in [4.78, 5) is 35.5. The molecule has 2 N–H and O–H groups in total. The fourth-order valence-corrected chi connectivity index (χ4v) is 2.09.